The lowest BCUT2D eigenvalue weighted by Crippen LogP contribution is -2.51. The molecule has 1 saturated heterocycles. The van der Waals surface area contributed by atoms with Gasteiger partial charge in [0, 0.05) is 32.6 Å². The topological polar surface area (TPSA) is 84.0 Å². The van der Waals surface area contributed by atoms with Crippen molar-refractivity contribution in [2.24, 2.45) is 17.8 Å². The van der Waals surface area contributed by atoms with Crippen LogP contribution in [0.25, 0.3) is 0 Å². The van der Waals surface area contributed by atoms with Crippen molar-refractivity contribution < 1.29 is 22.7 Å². The largest absolute Gasteiger partial charge is 0.456 e. The molecule has 0 spiro atoms. The molecule has 29 heavy (non-hydrogen) atoms. The molecule has 7 nitrogen and oxygen atoms in total. The molecule has 3 atom stereocenters. The van der Waals surface area contributed by atoms with Gasteiger partial charge in [-0.05, 0) is 49.1 Å². The van der Waals surface area contributed by atoms with E-state index in [0.717, 1.165) is 12.3 Å². The number of carbonyl (C=O) groups excluding carboxylic acids is 2. The third-order valence-corrected chi connectivity index (χ3v) is 8.56. The fraction of sp³-hybridized carbons (Fsp3) is 0.619. The Morgan fingerprint density at radius 3 is 2.34 bits per heavy atom. The Hall–Kier alpha value is -1.93. The van der Waals surface area contributed by atoms with Crippen LogP contribution in [0, 0.1) is 17.8 Å². The number of sulfonamides is 1. The van der Waals surface area contributed by atoms with Crippen LogP contribution in [0.2, 0.25) is 0 Å². The summed E-state index contributed by atoms with van der Waals surface area (Å²) in [5.41, 5.74) is 0. The lowest BCUT2D eigenvalue weighted by molar-refractivity contribution is -0.153. The molecule has 0 unspecified atom stereocenters. The number of nitrogens with zero attached hydrogens (tertiary/aromatic N) is 2. The van der Waals surface area contributed by atoms with Crippen LogP contribution in [-0.2, 0) is 24.3 Å². The van der Waals surface area contributed by atoms with Gasteiger partial charge < -0.3 is 9.64 Å². The second-order valence-electron chi connectivity index (χ2n) is 8.40. The van der Waals surface area contributed by atoms with Gasteiger partial charge in [0.15, 0.2) is 6.61 Å². The summed E-state index contributed by atoms with van der Waals surface area (Å²) in [6.07, 6.45) is 5.29. The second kappa shape index (κ2) is 8.44. The van der Waals surface area contributed by atoms with Gasteiger partial charge in [0.2, 0.25) is 10.0 Å². The van der Waals surface area contributed by atoms with Crippen molar-refractivity contribution in [3.63, 3.8) is 0 Å². The molecule has 0 radical (unpaired) electrons. The molecular weight excluding hydrogens is 392 g/mol. The van der Waals surface area contributed by atoms with Gasteiger partial charge in [0.1, 0.15) is 0 Å². The van der Waals surface area contributed by atoms with Crippen LogP contribution in [0.5, 0.6) is 0 Å². The molecule has 1 aliphatic heterocycles. The van der Waals surface area contributed by atoms with E-state index in [0.29, 0.717) is 31.3 Å². The molecule has 8 heteroatoms. The highest BCUT2D eigenvalue weighted by atomic mass is 32.2. The van der Waals surface area contributed by atoms with Crippen molar-refractivity contribution in [2.75, 3.05) is 32.8 Å². The molecule has 1 aromatic carbocycles. The maximum atomic E-state index is 12.7. The highest BCUT2D eigenvalue weighted by molar-refractivity contribution is 7.89. The van der Waals surface area contributed by atoms with E-state index in [1.165, 1.54) is 23.6 Å². The molecule has 2 aliphatic carbocycles. The number of benzene rings is 1. The third kappa shape index (κ3) is 4.48. The molecule has 3 aliphatic rings. The zero-order chi connectivity index (χ0) is 20.4. The molecule has 0 N–H and O–H groups in total. The maximum Gasteiger partial charge on any atom is 0.306 e. The van der Waals surface area contributed by atoms with E-state index in [9.17, 15) is 18.0 Å². The fourth-order valence-corrected chi connectivity index (χ4v) is 6.50. The summed E-state index contributed by atoms with van der Waals surface area (Å²) in [4.78, 5) is 26.3. The van der Waals surface area contributed by atoms with Gasteiger partial charge in [-0.1, -0.05) is 24.6 Å². The Morgan fingerprint density at radius 1 is 1.00 bits per heavy atom. The lowest BCUT2D eigenvalue weighted by atomic mass is 9.86. The zero-order valence-corrected chi connectivity index (χ0v) is 17.4. The molecule has 1 amide bonds. The van der Waals surface area contributed by atoms with Gasteiger partial charge in [-0.2, -0.15) is 4.31 Å². The number of carbonyl (C=O) groups is 2. The molecule has 2 bridgehead atoms. The fourth-order valence-electron chi connectivity index (χ4n) is 5.05. The second-order valence-corrected chi connectivity index (χ2v) is 10.3. The number of fused-ring (bicyclic) bond motifs is 2. The number of ether oxygens (including phenoxy) is 1. The molecule has 1 heterocycles. The van der Waals surface area contributed by atoms with Gasteiger partial charge in [-0.25, -0.2) is 8.42 Å². The summed E-state index contributed by atoms with van der Waals surface area (Å²) in [7, 11) is -3.54. The number of hydrogen-bond acceptors (Lipinski definition) is 5. The van der Waals surface area contributed by atoms with Gasteiger partial charge in [0.05, 0.1) is 4.90 Å². The van der Waals surface area contributed by atoms with Crippen molar-refractivity contribution in [3.05, 3.63) is 30.3 Å². The Bertz CT molecular complexity index is 849. The Kier molecular flexibility index (Phi) is 5.92. The minimum atomic E-state index is -3.54. The first-order valence-electron chi connectivity index (χ1n) is 10.4. The summed E-state index contributed by atoms with van der Waals surface area (Å²) >= 11 is 0. The van der Waals surface area contributed by atoms with Crippen LogP contribution in [0.3, 0.4) is 0 Å². The van der Waals surface area contributed by atoms with Gasteiger partial charge in [-0.3, -0.25) is 9.59 Å². The Morgan fingerprint density at radius 2 is 1.72 bits per heavy atom. The average Bonchev–Trinajstić information content (AvgIpc) is 3.36. The highest BCUT2D eigenvalue weighted by Crippen LogP contribution is 2.49. The number of esters is 1. The van der Waals surface area contributed by atoms with E-state index < -0.39 is 10.0 Å². The summed E-state index contributed by atoms with van der Waals surface area (Å²) in [6, 6.07) is 8.30. The van der Waals surface area contributed by atoms with E-state index in [1.54, 1.807) is 35.2 Å². The smallest absolute Gasteiger partial charge is 0.306 e. The SMILES string of the molecule is O=C(C[C@H]1C[C@@H]2CC[C@@H]1C2)OCC(=O)N1CCN(S(=O)(=O)c2ccccc2)CC1. The normalized spacial score (nSPS) is 27.2. The molecule has 1 aromatic rings. The monoisotopic (exact) mass is 420 g/mol. The number of piperazine rings is 1. The Balaban J connectivity index is 1.21. The van der Waals surface area contributed by atoms with Gasteiger partial charge in [0.25, 0.3) is 5.91 Å². The standard InChI is InChI=1S/C21H28N2O5S/c24-20(15-28-21(25)14-18-13-16-6-7-17(18)12-16)22-8-10-23(11-9-22)29(26,27)19-4-2-1-3-5-19/h1-5,16-18H,6-15H2/t16-,17-,18-/m1/s1. The molecule has 0 aromatic heterocycles. The summed E-state index contributed by atoms with van der Waals surface area (Å²) in [6.45, 7) is 0.818. The van der Waals surface area contributed by atoms with Crippen LogP contribution in [0.1, 0.15) is 32.1 Å². The van der Waals surface area contributed by atoms with Crippen molar-refractivity contribution in [1.82, 2.24) is 9.21 Å². The number of hydrogen-bond donors (Lipinski definition) is 0. The molecule has 3 fully saturated rings. The van der Waals surface area contributed by atoms with Crippen molar-refractivity contribution in [1.29, 1.82) is 0 Å². The van der Waals surface area contributed by atoms with Crippen LogP contribution >= 0.6 is 0 Å². The van der Waals surface area contributed by atoms with E-state index >= 15 is 0 Å². The quantitative estimate of drug-likeness (QED) is 0.656. The first-order chi connectivity index (χ1) is 13.9. The zero-order valence-electron chi connectivity index (χ0n) is 16.5. The lowest BCUT2D eigenvalue weighted by Gasteiger charge is -2.33. The van der Waals surface area contributed by atoms with E-state index in [1.807, 2.05) is 0 Å². The van der Waals surface area contributed by atoms with Crippen molar-refractivity contribution in [2.45, 2.75) is 37.0 Å². The molecule has 4 rings (SSSR count). The summed E-state index contributed by atoms with van der Waals surface area (Å²) < 4.78 is 31.9. The van der Waals surface area contributed by atoms with Crippen molar-refractivity contribution >= 4 is 21.9 Å². The van der Waals surface area contributed by atoms with E-state index in [2.05, 4.69) is 0 Å². The first-order valence-corrected chi connectivity index (χ1v) is 11.9. The minimum Gasteiger partial charge on any atom is -0.456 e. The Labute approximate surface area is 172 Å². The molecular formula is C21H28N2O5S. The van der Waals surface area contributed by atoms with Crippen LogP contribution < -0.4 is 0 Å². The predicted molar refractivity (Wildman–Crippen MR) is 106 cm³/mol. The van der Waals surface area contributed by atoms with Gasteiger partial charge >= 0.3 is 5.97 Å². The van der Waals surface area contributed by atoms with Crippen LogP contribution in [0.15, 0.2) is 35.2 Å². The summed E-state index contributed by atoms with van der Waals surface area (Å²) in [5, 5.41) is 0. The van der Waals surface area contributed by atoms with Crippen LogP contribution in [-0.4, -0.2) is 62.3 Å². The number of amides is 1. The first kappa shape index (κ1) is 20.3. The van der Waals surface area contributed by atoms with E-state index in [-0.39, 0.29) is 36.5 Å². The molecule has 158 valence electrons. The summed E-state index contributed by atoms with van der Waals surface area (Å²) in [5.74, 6) is 1.30. The third-order valence-electron chi connectivity index (χ3n) is 6.64. The van der Waals surface area contributed by atoms with Gasteiger partial charge in [-0.15, -0.1) is 0 Å². The van der Waals surface area contributed by atoms with E-state index in [4.69, 9.17) is 4.74 Å². The number of rotatable bonds is 6. The van der Waals surface area contributed by atoms with Crippen molar-refractivity contribution in [3.8, 4) is 0 Å². The maximum absolute atomic E-state index is 12.7. The average molecular weight is 421 g/mol. The predicted octanol–water partition coefficient (Wildman–Crippen LogP) is 1.89. The minimum absolute atomic E-state index is 0.238. The molecule has 2 saturated carbocycles. The van der Waals surface area contributed by atoms with Crippen LogP contribution in [0.4, 0.5) is 0 Å². The highest BCUT2D eigenvalue weighted by Gasteiger charge is 2.40.